The number of nitrogens with zero attached hydrogens (tertiary/aromatic N) is 1. The van der Waals surface area contributed by atoms with Crippen LogP contribution in [0.25, 0.3) is 0 Å². The molecule has 2 rings (SSSR count). The first-order chi connectivity index (χ1) is 9.13. The predicted octanol–water partition coefficient (Wildman–Crippen LogP) is 2.07. The average Bonchev–Trinajstić information content (AvgIpc) is 2.83. The van der Waals surface area contributed by atoms with Crippen molar-refractivity contribution in [1.29, 1.82) is 0 Å². The summed E-state index contributed by atoms with van der Waals surface area (Å²) in [6, 6.07) is 9.57. The first-order valence-electron chi connectivity index (χ1n) is 6.79. The smallest absolute Gasteiger partial charge is 0.226 e. The Balaban J connectivity index is 0.00000200. The fourth-order valence-electron chi connectivity index (χ4n) is 2.33. The molecule has 0 radical (unpaired) electrons. The van der Waals surface area contributed by atoms with E-state index in [0.717, 1.165) is 25.3 Å². The van der Waals surface area contributed by atoms with Gasteiger partial charge < -0.3 is 15.4 Å². The van der Waals surface area contributed by atoms with Crippen molar-refractivity contribution in [2.75, 3.05) is 26.2 Å². The van der Waals surface area contributed by atoms with Crippen LogP contribution in [0.2, 0.25) is 0 Å². The highest BCUT2D eigenvalue weighted by atomic mass is 35.5. The predicted molar refractivity (Wildman–Crippen MR) is 82.2 cm³/mol. The Bertz CT molecular complexity index is 427. The number of hydrogen-bond acceptors (Lipinski definition) is 3. The zero-order valence-corrected chi connectivity index (χ0v) is 12.7. The number of carbonyl (C=O) groups is 1. The van der Waals surface area contributed by atoms with Crippen molar-refractivity contribution >= 4 is 18.3 Å². The van der Waals surface area contributed by atoms with Crippen LogP contribution in [0.15, 0.2) is 30.3 Å². The number of likely N-dealkylation sites (tertiary alicyclic amines) is 1. The fraction of sp³-hybridized carbons (Fsp3) is 0.533. The molecular formula is C15H23ClN2O2. The summed E-state index contributed by atoms with van der Waals surface area (Å²) < 4.78 is 5.54. The molecule has 1 unspecified atom stereocenters. The van der Waals surface area contributed by atoms with E-state index in [9.17, 15) is 4.79 Å². The van der Waals surface area contributed by atoms with E-state index in [-0.39, 0.29) is 23.7 Å². The normalized spacial score (nSPS) is 21.4. The summed E-state index contributed by atoms with van der Waals surface area (Å²) in [7, 11) is 0. The summed E-state index contributed by atoms with van der Waals surface area (Å²) in [5.74, 6) is 0.969. The Morgan fingerprint density at radius 2 is 2.10 bits per heavy atom. The summed E-state index contributed by atoms with van der Waals surface area (Å²) >= 11 is 0. The van der Waals surface area contributed by atoms with Crippen LogP contribution in [0.4, 0.5) is 0 Å². The molecular weight excluding hydrogens is 276 g/mol. The molecule has 1 heterocycles. The number of amides is 1. The molecule has 0 bridgehead atoms. The quantitative estimate of drug-likeness (QED) is 0.905. The first kappa shape index (κ1) is 16.8. The Kier molecular flexibility index (Phi) is 6.30. The van der Waals surface area contributed by atoms with Gasteiger partial charge in [-0.3, -0.25) is 4.79 Å². The van der Waals surface area contributed by atoms with E-state index < -0.39 is 0 Å². The van der Waals surface area contributed by atoms with E-state index in [2.05, 4.69) is 6.92 Å². The Morgan fingerprint density at radius 3 is 2.70 bits per heavy atom. The number of ether oxygens (including phenoxy) is 1. The molecule has 20 heavy (non-hydrogen) atoms. The standard InChI is InChI=1S/C15H22N2O2.ClH/c1-15(11-16)8-9-17(12-15)14(18)7-10-19-13-5-3-2-4-6-13;/h2-6H,7-12,16H2,1H3;1H. The van der Waals surface area contributed by atoms with Crippen molar-refractivity contribution in [3.05, 3.63) is 30.3 Å². The van der Waals surface area contributed by atoms with Crippen LogP contribution in [0.3, 0.4) is 0 Å². The van der Waals surface area contributed by atoms with E-state index in [1.165, 1.54) is 0 Å². The molecule has 1 aromatic rings. The van der Waals surface area contributed by atoms with Crippen LogP contribution in [0.5, 0.6) is 5.75 Å². The molecule has 1 fully saturated rings. The summed E-state index contributed by atoms with van der Waals surface area (Å²) in [4.78, 5) is 13.9. The van der Waals surface area contributed by atoms with Gasteiger partial charge in [0.2, 0.25) is 5.91 Å². The number of rotatable bonds is 5. The maximum Gasteiger partial charge on any atom is 0.226 e. The second-order valence-corrected chi connectivity index (χ2v) is 5.49. The number of hydrogen-bond donors (Lipinski definition) is 1. The molecule has 5 heteroatoms. The zero-order chi connectivity index (χ0) is 13.7. The summed E-state index contributed by atoms with van der Waals surface area (Å²) in [6.45, 7) is 4.79. The Labute approximate surface area is 126 Å². The molecule has 0 aromatic heterocycles. The molecule has 1 atom stereocenters. The number of benzene rings is 1. The molecule has 1 saturated heterocycles. The van der Waals surface area contributed by atoms with Crippen LogP contribution in [-0.2, 0) is 4.79 Å². The van der Waals surface area contributed by atoms with Crippen molar-refractivity contribution in [2.45, 2.75) is 19.8 Å². The number of nitrogens with two attached hydrogens (primary N) is 1. The van der Waals surface area contributed by atoms with Crippen molar-refractivity contribution in [3.63, 3.8) is 0 Å². The summed E-state index contributed by atoms with van der Waals surface area (Å²) in [6.07, 6.45) is 1.42. The van der Waals surface area contributed by atoms with Crippen LogP contribution >= 0.6 is 12.4 Å². The first-order valence-corrected chi connectivity index (χ1v) is 6.79. The van der Waals surface area contributed by atoms with Crippen LogP contribution in [0.1, 0.15) is 19.8 Å². The van der Waals surface area contributed by atoms with E-state index in [0.29, 0.717) is 19.6 Å². The topological polar surface area (TPSA) is 55.6 Å². The molecule has 0 saturated carbocycles. The van der Waals surface area contributed by atoms with Gasteiger partial charge in [-0.05, 0) is 30.5 Å². The van der Waals surface area contributed by atoms with Gasteiger partial charge in [0.25, 0.3) is 0 Å². The monoisotopic (exact) mass is 298 g/mol. The molecule has 2 N–H and O–H groups in total. The lowest BCUT2D eigenvalue weighted by atomic mass is 9.90. The van der Waals surface area contributed by atoms with E-state index in [1.807, 2.05) is 35.2 Å². The van der Waals surface area contributed by atoms with Crippen molar-refractivity contribution in [2.24, 2.45) is 11.1 Å². The van der Waals surface area contributed by atoms with Crippen molar-refractivity contribution in [3.8, 4) is 5.75 Å². The molecule has 112 valence electrons. The molecule has 1 amide bonds. The second kappa shape index (κ2) is 7.50. The fourth-order valence-corrected chi connectivity index (χ4v) is 2.33. The minimum atomic E-state index is 0. The summed E-state index contributed by atoms with van der Waals surface area (Å²) in [5.41, 5.74) is 5.84. The highest BCUT2D eigenvalue weighted by Crippen LogP contribution is 2.28. The minimum absolute atomic E-state index is 0. The van der Waals surface area contributed by atoms with Gasteiger partial charge in [-0.25, -0.2) is 0 Å². The van der Waals surface area contributed by atoms with Gasteiger partial charge in [0.1, 0.15) is 5.75 Å². The second-order valence-electron chi connectivity index (χ2n) is 5.49. The Morgan fingerprint density at radius 1 is 1.40 bits per heavy atom. The van der Waals surface area contributed by atoms with E-state index >= 15 is 0 Å². The lowest BCUT2D eigenvalue weighted by Gasteiger charge is -2.22. The van der Waals surface area contributed by atoms with Crippen molar-refractivity contribution in [1.82, 2.24) is 4.90 Å². The lowest BCUT2D eigenvalue weighted by Crippen LogP contribution is -2.35. The molecule has 1 aliphatic heterocycles. The van der Waals surface area contributed by atoms with Crippen LogP contribution in [0, 0.1) is 5.41 Å². The Hall–Kier alpha value is -1.26. The van der Waals surface area contributed by atoms with Gasteiger partial charge in [0, 0.05) is 13.1 Å². The summed E-state index contributed by atoms with van der Waals surface area (Å²) in [5, 5.41) is 0. The van der Waals surface area contributed by atoms with E-state index in [1.54, 1.807) is 0 Å². The molecule has 1 aliphatic rings. The largest absolute Gasteiger partial charge is 0.493 e. The van der Waals surface area contributed by atoms with Gasteiger partial charge in [-0.1, -0.05) is 25.1 Å². The number of carbonyl (C=O) groups excluding carboxylic acids is 1. The molecule has 1 aromatic carbocycles. The molecule has 0 spiro atoms. The van der Waals surface area contributed by atoms with Gasteiger partial charge in [0.15, 0.2) is 0 Å². The average molecular weight is 299 g/mol. The third-order valence-electron chi connectivity index (χ3n) is 3.73. The van der Waals surface area contributed by atoms with Gasteiger partial charge in [-0.2, -0.15) is 0 Å². The third-order valence-corrected chi connectivity index (χ3v) is 3.73. The minimum Gasteiger partial charge on any atom is -0.493 e. The number of halogens is 1. The van der Waals surface area contributed by atoms with Gasteiger partial charge in [0.05, 0.1) is 13.0 Å². The van der Waals surface area contributed by atoms with Crippen LogP contribution < -0.4 is 10.5 Å². The highest BCUT2D eigenvalue weighted by Gasteiger charge is 2.34. The molecule has 4 nitrogen and oxygen atoms in total. The SMILES string of the molecule is CC1(CN)CCN(C(=O)CCOc2ccccc2)C1.Cl. The molecule has 0 aliphatic carbocycles. The maximum atomic E-state index is 12.0. The van der Waals surface area contributed by atoms with E-state index in [4.69, 9.17) is 10.5 Å². The highest BCUT2D eigenvalue weighted by molar-refractivity contribution is 5.85. The van der Waals surface area contributed by atoms with Crippen LogP contribution in [-0.4, -0.2) is 37.0 Å². The zero-order valence-electron chi connectivity index (χ0n) is 11.9. The third kappa shape index (κ3) is 4.39. The number of para-hydroxylation sites is 1. The van der Waals surface area contributed by atoms with Gasteiger partial charge >= 0.3 is 0 Å². The lowest BCUT2D eigenvalue weighted by molar-refractivity contribution is -0.131. The van der Waals surface area contributed by atoms with Gasteiger partial charge in [-0.15, -0.1) is 12.4 Å². The van der Waals surface area contributed by atoms with Crippen molar-refractivity contribution < 1.29 is 9.53 Å². The maximum absolute atomic E-state index is 12.0.